The molecule has 0 amide bonds. The first kappa shape index (κ1) is 12.4. The number of hydrogen-bond acceptors (Lipinski definition) is 4. The molecule has 1 aromatic carbocycles. The van der Waals surface area contributed by atoms with Crippen molar-refractivity contribution in [3.63, 3.8) is 0 Å². The molecule has 0 unspecified atom stereocenters. The molecule has 2 rings (SSSR count). The number of aromatic nitrogens is 2. The summed E-state index contributed by atoms with van der Waals surface area (Å²) in [5.41, 5.74) is 4.05. The van der Waals surface area contributed by atoms with Crippen LogP contribution in [0.3, 0.4) is 0 Å². The molecule has 0 atom stereocenters. The normalized spacial score (nSPS) is 9.38. The molecule has 0 saturated heterocycles. The predicted molar refractivity (Wildman–Crippen MR) is 62.5 cm³/mol. The summed E-state index contributed by atoms with van der Waals surface area (Å²) in [4.78, 5) is 7.74. The van der Waals surface area contributed by atoms with Crippen LogP contribution in [0.2, 0.25) is 0 Å². The monoisotopic (exact) mass is 240 g/mol. The van der Waals surface area contributed by atoms with Gasteiger partial charge in [0.05, 0.1) is 12.4 Å². The molecule has 0 spiro atoms. The van der Waals surface area contributed by atoms with Crippen molar-refractivity contribution in [3.05, 3.63) is 42.5 Å². The van der Waals surface area contributed by atoms with Gasteiger partial charge in [0.25, 0.3) is 0 Å². The van der Waals surface area contributed by atoms with Crippen LogP contribution in [-0.2, 0) is 0 Å². The van der Waals surface area contributed by atoms with Crippen molar-refractivity contribution in [1.82, 2.24) is 9.97 Å². The first-order chi connectivity index (χ1) is 7.29. The van der Waals surface area contributed by atoms with Crippen LogP contribution in [0.25, 0.3) is 11.4 Å². The van der Waals surface area contributed by atoms with Gasteiger partial charge in [-0.1, -0.05) is 12.1 Å². The highest BCUT2D eigenvalue weighted by molar-refractivity contribution is 5.85. The Morgan fingerprint density at radius 3 is 2.50 bits per heavy atom. The van der Waals surface area contributed by atoms with Gasteiger partial charge in [-0.2, -0.15) is 0 Å². The highest BCUT2D eigenvalue weighted by atomic mass is 35.5. The number of hydrogen-bond donors (Lipinski definition) is 2. The van der Waals surface area contributed by atoms with E-state index >= 15 is 0 Å². The largest absolute Gasteiger partial charge is 0.324 e. The van der Waals surface area contributed by atoms with E-state index in [1.807, 2.05) is 18.2 Å². The third-order valence-corrected chi connectivity index (χ3v) is 1.91. The predicted octanol–water partition coefficient (Wildman–Crippen LogP) is 1.99. The van der Waals surface area contributed by atoms with Gasteiger partial charge in [-0.05, 0) is 12.1 Å². The molecule has 84 valence electrons. The van der Waals surface area contributed by atoms with E-state index in [0.29, 0.717) is 5.82 Å². The zero-order valence-electron chi connectivity index (χ0n) is 8.22. The molecule has 1 heterocycles. The first-order valence-corrected chi connectivity index (χ1v) is 4.34. The van der Waals surface area contributed by atoms with E-state index in [1.165, 1.54) is 0 Å². The minimum atomic E-state index is -0.452. The lowest BCUT2D eigenvalue weighted by Crippen LogP contribution is -2.06. The van der Waals surface area contributed by atoms with Gasteiger partial charge in [0.1, 0.15) is 0 Å². The number of nitrogens with one attached hydrogen (secondary N) is 1. The maximum absolute atomic E-state index is 12.6. The molecule has 1 aromatic heterocycles. The van der Waals surface area contributed by atoms with Crippen LogP contribution in [-0.4, -0.2) is 9.97 Å². The quantitative estimate of drug-likeness (QED) is 0.623. The van der Waals surface area contributed by atoms with Crippen molar-refractivity contribution in [3.8, 4) is 11.4 Å². The van der Waals surface area contributed by atoms with Gasteiger partial charge in [0.15, 0.2) is 11.6 Å². The van der Waals surface area contributed by atoms with Gasteiger partial charge in [-0.3, -0.25) is 5.84 Å². The Labute approximate surface area is 98.1 Å². The Morgan fingerprint density at radius 1 is 1.19 bits per heavy atom. The average Bonchev–Trinajstić information content (AvgIpc) is 2.30. The average molecular weight is 241 g/mol. The third kappa shape index (κ3) is 2.65. The van der Waals surface area contributed by atoms with E-state index in [0.717, 1.165) is 23.6 Å². The molecule has 0 bridgehead atoms. The van der Waals surface area contributed by atoms with Crippen molar-refractivity contribution >= 4 is 18.1 Å². The lowest BCUT2D eigenvalue weighted by Gasteiger charge is -2.02. The Morgan fingerprint density at radius 2 is 1.88 bits per heavy atom. The Hall–Kier alpha value is -1.72. The number of anilines is 1. The second kappa shape index (κ2) is 5.39. The fourth-order valence-electron chi connectivity index (χ4n) is 1.21. The number of nitrogen functional groups attached to an aromatic ring is 1. The summed E-state index contributed by atoms with van der Waals surface area (Å²) in [7, 11) is 0. The Bertz CT molecular complexity index is 461. The highest BCUT2D eigenvalue weighted by Gasteiger charge is 2.01. The van der Waals surface area contributed by atoms with E-state index < -0.39 is 5.82 Å². The van der Waals surface area contributed by atoms with Crippen LogP contribution < -0.4 is 11.3 Å². The summed E-state index contributed by atoms with van der Waals surface area (Å²) in [5.74, 6) is 5.28. The SMILES string of the molecule is Cl.NNc1cccc(-c2ncc(F)cn2)c1. The van der Waals surface area contributed by atoms with Crippen molar-refractivity contribution < 1.29 is 4.39 Å². The molecule has 0 aliphatic heterocycles. The smallest absolute Gasteiger partial charge is 0.159 e. The van der Waals surface area contributed by atoms with Gasteiger partial charge >= 0.3 is 0 Å². The molecule has 3 N–H and O–H groups in total. The van der Waals surface area contributed by atoms with Gasteiger partial charge < -0.3 is 5.43 Å². The Kier molecular flexibility index (Phi) is 4.16. The molecule has 6 heteroatoms. The fraction of sp³-hybridized carbons (Fsp3) is 0. The minimum absolute atomic E-state index is 0. The zero-order valence-corrected chi connectivity index (χ0v) is 9.04. The van der Waals surface area contributed by atoms with E-state index in [9.17, 15) is 4.39 Å². The van der Waals surface area contributed by atoms with Crippen LogP contribution in [0.4, 0.5) is 10.1 Å². The molecule has 0 aliphatic rings. The molecule has 0 aliphatic carbocycles. The Balaban J connectivity index is 0.00000128. The summed E-state index contributed by atoms with van der Waals surface area (Å²) < 4.78 is 12.6. The van der Waals surface area contributed by atoms with E-state index in [1.54, 1.807) is 6.07 Å². The van der Waals surface area contributed by atoms with Crippen LogP contribution in [0.1, 0.15) is 0 Å². The lowest BCUT2D eigenvalue weighted by atomic mass is 10.2. The highest BCUT2D eigenvalue weighted by Crippen LogP contribution is 2.18. The fourth-order valence-corrected chi connectivity index (χ4v) is 1.21. The number of halogens is 2. The molecule has 16 heavy (non-hydrogen) atoms. The van der Waals surface area contributed by atoms with Crippen molar-refractivity contribution in [2.45, 2.75) is 0 Å². The zero-order chi connectivity index (χ0) is 10.7. The maximum atomic E-state index is 12.6. The number of hydrazine groups is 1. The van der Waals surface area contributed by atoms with Gasteiger partial charge in [0, 0.05) is 11.3 Å². The van der Waals surface area contributed by atoms with Crippen LogP contribution in [0.15, 0.2) is 36.7 Å². The summed E-state index contributed by atoms with van der Waals surface area (Å²) in [6, 6.07) is 7.24. The van der Waals surface area contributed by atoms with E-state index in [4.69, 9.17) is 5.84 Å². The summed E-state index contributed by atoms with van der Waals surface area (Å²) >= 11 is 0. The molecule has 0 radical (unpaired) electrons. The minimum Gasteiger partial charge on any atom is -0.324 e. The molecule has 0 fully saturated rings. The van der Waals surface area contributed by atoms with Crippen molar-refractivity contribution in [2.24, 2.45) is 5.84 Å². The van der Waals surface area contributed by atoms with Gasteiger partial charge in [0.2, 0.25) is 0 Å². The molecular weight excluding hydrogens is 231 g/mol. The van der Waals surface area contributed by atoms with E-state index in [-0.39, 0.29) is 12.4 Å². The molecule has 2 aromatic rings. The van der Waals surface area contributed by atoms with Crippen LogP contribution >= 0.6 is 12.4 Å². The topological polar surface area (TPSA) is 63.8 Å². The summed E-state index contributed by atoms with van der Waals surface area (Å²) in [6.07, 6.45) is 2.26. The van der Waals surface area contributed by atoms with Gasteiger partial charge in [-0.25, -0.2) is 14.4 Å². The van der Waals surface area contributed by atoms with Crippen LogP contribution in [0.5, 0.6) is 0 Å². The number of nitrogens with two attached hydrogens (primary N) is 1. The van der Waals surface area contributed by atoms with Crippen molar-refractivity contribution in [1.29, 1.82) is 0 Å². The number of rotatable bonds is 2. The van der Waals surface area contributed by atoms with Crippen molar-refractivity contribution in [2.75, 3.05) is 5.43 Å². The van der Waals surface area contributed by atoms with E-state index in [2.05, 4.69) is 15.4 Å². The second-order valence-electron chi connectivity index (χ2n) is 2.95. The second-order valence-corrected chi connectivity index (χ2v) is 2.95. The molecule has 0 saturated carbocycles. The maximum Gasteiger partial charge on any atom is 0.159 e. The first-order valence-electron chi connectivity index (χ1n) is 4.34. The standard InChI is InChI=1S/C10H9FN4.ClH/c11-8-5-13-10(14-6-8)7-2-1-3-9(4-7)15-12;/h1-6,15H,12H2;1H. The third-order valence-electron chi connectivity index (χ3n) is 1.91. The molecule has 4 nitrogen and oxygen atoms in total. The summed E-state index contributed by atoms with van der Waals surface area (Å²) in [5, 5.41) is 0. The lowest BCUT2D eigenvalue weighted by molar-refractivity contribution is 0.614. The number of benzene rings is 1. The van der Waals surface area contributed by atoms with Gasteiger partial charge in [-0.15, -0.1) is 12.4 Å². The molecular formula is C10H10ClFN4. The number of nitrogens with zero attached hydrogens (tertiary/aromatic N) is 2. The van der Waals surface area contributed by atoms with Crippen LogP contribution in [0, 0.1) is 5.82 Å². The summed E-state index contributed by atoms with van der Waals surface area (Å²) in [6.45, 7) is 0.